The fourth-order valence-electron chi connectivity index (χ4n) is 1.79. The zero-order valence-corrected chi connectivity index (χ0v) is 11.7. The van der Waals surface area contributed by atoms with E-state index in [0.29, 0.717) is 5.41 Å². The molecule has 2 rings (SSSR count). The Hall–Kier alpha value is 0.340. The lowest BCUT2D eigenvalue weighted by atomic mass is 9.72. The Morgan fingerprint density at radius 3 is 2.60 bits per heavy atom. The van der Waals surface area contributed by atoms with Gasteiger partial charge >= 0.3 is 0 Å². The van der Waals surface area contributed by atoms with Crippen LogP contribution in [0.2, 0.25) is 5.02 Å². The smallest absolute Gasteiger partial charge is 0.0541 e. The van der Waals surface area contributed by atoms with Crippen LogP contribution in [-0.4, -0.2) is 11.1 Å². The van der Waals surface area contributed by atoms with Crippen molar-refractivity contribution in [3.63, 3.8) is 0 Å². The molecule has 0 atom stereocenters. The molecule has 1 aromatic rings. The summed E-state index contributed by atoms with van der Waals surface area (Å²) < 4.78 is 0. The second-order valence-corrected chi connectivity index (χ2v) is 6.19. The van der Waals surface area contributed by atoms with Crippen molar-refractivity contribution in [3.05, 3.63) is 29.3 Å². The minimum atomic E-state index is 0.532. The van der Waals surface area contributed by atoms with Crippen LogP contribution in [0.25, 0.3) is 0 Å². The van der Waals surface area contributed by atoms with Gasteiger partial charge < -0.3 is 0 Å². The van der Waals surface area contributed by atoms with Crippen LogP contribution < -0.4 is 0 Å². The molecule has 0 heterocycles. The Morgan fingerprint density at radius 1 is 1.33 bits per heavy atom. The Labute approximate surface area is 109 Å². The fraction of sp³-hybridized carbons (Fsp3) is 0.500. The summed E-state index contributed by atoms with van der Waals surface area (Å²) in [6.45, 7) is 0. The van der Waals surface area contributed by atoms with E-state index in [1.54, 1.807) is 0 Å². The van der Waals surface area contributed by atoms with Crippen molar-refractivity contribution in [1.82, 2.24) is 0 Å². The summed E-state index contributed by atoms with van der Waals surface area (Å²) >= 11 is 11.6. The van der Waals surface area contributed by atoms with E-state index in [2.05, 4.69) is 28.1 Å². The van der Waals surface area contributed by atoms with E-state index in [4.69, 9.17) is 11.6 Å². The summed E-state index contributed by atoms with van der Waals surface area (Å²) in [6, 6.07) is 8.10. The van der Waals surface area contributed by atoms with E-state index in [-0.39, 0.29) is 0 Å². The summed E-state index contributed by atoms with van der Waals surface area (Å²) in [6.07, 6.45) is 4.10. The van der Waals surface area contributed by atoms with Crippen molar-refractivity contribution < 1.29 is 0 Å². The zero-order chi connectivity index (χ0) is 10.7. The average molecular weight is 306 g/mol. The standard InChI is InChI=1S/C12H14BrClS/c13-8-12(6-3-7-12)9-15-11-5-2-1-4-10(11)14/h1-2,4-5H,3,6-9H2. The van der Waals surface area contributed by atoms with Crippen LogP contribution >= 0.6 is 39.3 Å². The van der Waals surface area contributed by atoms with Gasteiger partial charge in [-0.15, -0.1) is 11.8 Å². The van der Waals surface area contributed by atoms with Gasteiger partial charge in [0.05, 0.1) is 5.02 Å². The molecule has 0 amide bonds. The molecule has 3 heteroatoms. The Kier molecular flexibility index (Phi) is 4.03. The highest BCUT2D eigenvalue weighted by atomic mass is 79.9. The molecule has 0 unspecified atom stereocenters. The molecule has 1 fully saturated rings. The maximum absolute atomic E-state index is 6.12. The first-order chi connectivity index (χ1) is 7.26. The molecule has 1 aromatic carbocycles. The lowest BCUT2D eigenvalue weighted by Gasteiger charge is -2.40. The summed E-state index contributed by atoms with van der Waals surface area (Å²) in [5.74, 6) is 1.18. The zero-order valence-electron chi connectivity index (χ0n) is 8.51. The summed E-state index contributed by atoms with van der Waals surface area (Å²) in [5.41, 5.74) is 0.532. The van der Waals surface area contributed by atoms with Crippen molar-refractivity contribution in [3.8, 4) is 0 Å². The predicted molar refractivity (Wildman–Crippen MR) is 72.3 cm³/mol. The maximum atomic E-state index is 6.12. The van der Waals surface area contributed by atoms with Crippen molar-refractivity contribution in [2.75, 3.05) is 11.1 Å². The van der Waals surface area contributed by atoms with Crippen LogP contribution in [0.4, 0.5) is 0 Å². The average Bonchev–Trinajstić information content (AvgIpc) is 2.19. The monoisotopic (exact) mass is 304 g/mol. The van der Waals surface area contributed by atoms with Crippen LogP contribution in [0, 0.1) is 5.41 Å². The molecule has 15 heavy (non-hydrogen) atoms. The fourth-order valence-corrected chi connectivity index (χ4v) is 4.34. The molecule has 0 spiro atoms. The highest BCUT2D eigenvalue weighted by Gasteiger charge is 2.35. The maximum Gasteiger partial charge on any atom is 0.0541 e. The van der Waals surface area contributed by atoms with Gasteiger partial charge in [-0.3, -0.25) is 0 Å². The molecule has 1 aliphatic rings. The summed E-state index contributed by atoms with van der Waals surface area (Å²) in [5, 5.41) is 2.00. The number of hydrogen-bond donors (Lipinski definition) is 0. The van der Waals surface area contributed by atoms with Gasteiger partial charge in [0.15, 0.2) is 0 Å². The van der Waals surface area contributed by atoms with Crippen molar-refractivity contribution >= 4 is 39.3 Å². The van der Waals surface area contributed by atoms with E-state index in [1.807, 2.05) is 23.9 Å². The molecule has 0 N–H and O–H groups in total. The molecule has 0 saturated heterocycles. The largest absolute Gasteiger partial charge is 0.124 e. The highest BCUT2D eigenvalue weighted by Crippen LogP contribution is 2.46. The number of halogens is 2. The lowest BCUT2D eigenvalue weighted by molar-refractivity contribution is 0.206. The van der Waals surface area contributed by atoms with Gasteiger partial charge in [0.25, 0.3) is 0 Å². The van der Waals surface area contributed by atoms with Crippen molar-refractivity contribution in [1.29, 1.82) is 0 Å². The van der Waals surface area contributed by atoms with Crippen LogP contribution in [0.15, 0.2) is 29.2 Å². The van der Waals surface area contributed by atoms with Crippen LogP contribution in [0.3, 0.4) is 0 Å². The van der Waals surface area contributed by atoms with Gasteiger partial charge in [0.1, 0.15) is 0 Å². The quantitative estimate of drug-likeness (QED) is 0.557. The minimum Gasteiger partial charge on any atom is -0.124 e. The SMILES string of the molecule is Clc1ccccc1SCC1(CBr)CCC1. The van der Waals surface area contributed by atoms with E-state index in [9.17, 15) is 0 Å². The van der Waals surface area contributed by atoms with E-state index >= 15 is 0 Å². The second kappa shape index (κ2) is 5.11. The van der Waals surface area contributed by atoms with Crippen LogP contribution in [-0.2, 0) is 0 Å². The first-order valence-electron chi connectivity index (χ1n) is 5.19. The molecule has 82 valence electrons. The van der Waals surface area contributed by atoms with Gasteiger partial charge in [-0.25, -0.2) is 0 Å². The number of rotatable bonds is 4. The number of thioether (sulfide) groups is 1. The van der Waals surface area contributed by atoms with Crippen LogP contribution in [0.5, 0.6) is 0 Å². The molecule has 0 bridgehead atoms. The topological polar surface area (TPSA) is 0 Å². The molecule has 1 aliphatic carbocycles. The molecular weight excluding hydrogens is 292 g/mol. The van der Waals surface area contributed by atoms with E-state index < -0.39 is 0 Å². The molecule has 1 saturated carbocycles. The summed E-state index contributed by atoms with van der Waals surface area (Å²) in [4.78, 5) is 1.21. The third-order valence-electron chi connectivity index (χ3n) is 3.07. The van der Waals surface area contributed by atoms with E-state index in [1.165, 1.54) is 29.9 Å². The van der Waals surface area contributed by atoms with Gasteiger partial charge in [-0.1, -0.05) is 46.1 Å². The number of hydrogen-bond acceptors (Lipinski definition) is 1. The Balaban J connectivity index is 1.95. The lowest BCUT2D eigenvalue weighted by Crippen LogP contribution is -2.33. The van der Waals surface area contributed by atoms with Gasteiger partial charge in [0, 0.05) is 16.0 Å². The van der Waals surface area contributed by atoms with Gasteiger partial charge in [0.2, 0.25) is 0 Å². The van der Waals surface area contributed by atoms with Gasteiger partial charge in [-0.05, 0) is 30.4 Å². The third kappa shape index (κ3) is 2.72. The molecule has 0 aromatic heterocycles. The van der Waals surface area contributed by atoms with Gasteiger partial charge in [-0.2, -0.15) is 0 Å². The second-order valence-electron chi connectivity index (χ2n) is 4.21. The number of alkyl halides is 1. The third-order valence-corrected chi connectivity index (χ3v) is 6.12. The highest BCUT2D eigenvalue weighted by molar-refractivity contribution is 9.09. The van der Waals surface area contributed by atoms with Crippen LogP contribution in [0.1, 0.15) is 19.3 Å². The Bertz CT molecular complexity index is 331. The summed E-state index contributed by atoms with van der Waals surface area (Å²) in [7, 11) is 0. The normalized spacial score (nSPS) is 18.5. The number of benzene rings is 1. The van der Waals surface area contributed by atoms with Crippen molar-refractivity contribution in [2.24, 2.45) is 5.41 Å². The first-order valence-corrected chi connectivity index (χ1v) is 7.68. The molecular formula is C12H14BrClS. The Morgan fingerprint density at radius 2 is 2.07 bits per heavy atom. The minimum absolute atomic E-state index is 0.532. The van der Waals surface area contributed by atoms with Crippen molar-refractivity contribution in [2.45, 2.75) is 24.2 Å². The molecule has 0 radical (unpaired) electrons. The van der Waals surface area contributed by atoms with E-state index in [0.717, 1.165) is 10.4 Å². The first kappa shape index (κ1) is 11.8. The predicted octanol–water partition coefficient (Wildman–Crippen LogP) is 5.00. The molecule has 0 aliphatic heterocycles. The molecule has 0 nitrogen and oxygen atoms in total.